The summed E-state index contributed by atoms with van der Waals surface area (Å²) in [6, 6.07) is 7.39. The Labute approximate surface area is 101 Å². The Morgan fingerprint density at radius 2 is 2.06 bits per heavy atom. The molecule has 2 rings (SSSR count). The third-order valence-corrected chi connectivity index (χ3v) is 3.04. The zero-order valence-corrected chi connectivity index (χ0v) is 10.2. The lowest BCUT2D eigenvalue weighted by Gasteiger charge is -2.24. The molecule has 2 aromatic rings. The van der Waals surface area contributed by atoms with Gasteiger partial charge in [-0.05, 0) is 43.2 Å². The number of hydrogen-bond donors (Lipinski definition) is 1. The summed E-state index contributed by atoms with van der Waals surface area (Å²) in [7, 11) is 1.63. The highest BCUT2D eigenvalue weighted by Crippen LogP contribution is 2.33. The van der Waals surface area contributed by atoms with E-state index in [1.807, 2.05) is 25.1 Å². The van der Waals surface area contributed by atoms with Crippen LogP contribution in [0.4, 0.5) is 0 Å². The molecule has 3 heteroatoms. The van der Waals surface area contributed by atoms with Gasteiger partial charge in [0.15, 0.2) is 0 Å². The second-order valence-corrected chi connectivity index (χ2v) is 4.27. The Bertz CT molecular complexity index is 498. The number of aryl methyl sites for hydroxylation is 1. The first-order chi connectivity index (χ1) is 8.05. The van der Waals surface area contributed by atoms with Crippen molar-refractivity contribution in [2.24, 2.45) is 0 Å². The van der Waals surface area contributed by atoms with Gasteiger partial charge in [-0.15, -0.1) is 0 Å². The molecule has 90 valence electrons. The fourth-order valence-electron chi connectivity index (χ4n) is 2.01. The van der Waals surface area contributed by atoms with E-state index in [9.17, 15) is 5.11 Å². The molecule has 0 spiro atoms. The molecule has 0 saturated carbocycles. The highest BCUT2D eigenvalue weighted by molar-refractivity contribution is 5.42. The SMILES string of the molecule is COc1ccc(C(C)(O)c2ccoc2)c(C)c1. The summed E-state index contributed by atoms with van der Waals surface area (Å²) in [5.74, 6) is 0.786. The van der Waals surface area contributed by atoms with E-state index in [-0.39, 0.29) is 0 Å². The van der Waals surface area contributed by atoms with Gasteiger partial charge in [0.25, 0.3) is 0 Å². The maximum Gasteiger partial charge on any atom is 0.119 e. The minimum absolute atomic E-state index is 0.741. The first-order valence-corrected chi connectivity index (χ1v) is 5.46. The largest absolute Gasteiger partial charge is 0.497 e. The number of benzene rings is 1. The van der Waals surface area contributed by atoms with Crippen LogP contribution in [0.15, 0.2) is 41.2 Å². The van der Waals surface area contributed by atoms with E-state index in [1.54, 1.807) is 32.6 Å². The molecule has 1 aromatic carbocycles. The van der Waals surface area contributed by atoms with Crippen LogP contribution in [0.1, 0.15) is 23.6 Å². The van der Waals surface area contributed by atoms with E-state index in [0.29, 0.717) is 0 Å². The summed E-state index contributed by atoms with van der Waals surface area (Å²) in [6.07, 6.45) is 3.12. The maximum atomic E-state index is 10.6. The van der Waals surface area contributed by atoms with Gasteiger partial charge in [-0.1, -0.05) is 6.07 Å². The van der Waals surface area contributed by atoms with Crippen molar-refractivity contribution in [2.45, 2.75) is 19.4 Å². The van der Waals surface area contributed by atoms with Gasteiger partial charge in [0, 0.05) is 5.56 Å². The molecule has 1 aromatic heterocycles. The Morgan fingerprint density at radius 3 is 2.59 bits per heavy atom. The van der Waals surface area contributed by atoms with Crippen LogP contribution < -0.4 is 4.74 Å². The van der Waals surface area contributed by atoms with Crippen molar-refractivity contribution >= 4 is 0 Å². The molecule has 0 aliphatic heterocycles. The van der Waals surface area contributed by atoms with Gasteiger partial charge in [0.2, 0.25) is 0 Å². The summed E-state index contributed by atoms with van der Waals surface area (Å²) < 4.78 is 10.2. The number of hydrogen-bond acceptors (Lipinski definition) is 3. The molecular formula is C14H16O3. The van der Waals surface area contributed by atoms with Crippen LogP contribution in [-0.2, 0) is 5.60 Å². The van der Waals surface area contributed by atoms with E-state index in [4.69, 9.17) is 9.15 Å². The Hall–Kier alpha value is -1.74. The average Bonchev–Trinajstić information content (AvgIpc) is 2.82. The Balaban J connectivity index is 2.46. The van der Waals surface area contributed by atoms with E-state index < -0.39 is 5.60 Å². The minimum Gasteiger partial charge on any atom is -0.497 e. The lowest BCUT2D eigenvalue weighted by molar-refractivity contribution is 0.101. The fourth-order valence-corrected chi connectivity index (χ4v) is 2.01. The van der Waals surface area contributed by atoms with Crippen LogP contribution in [0, 0.1) is 6.92 Å². The first kappa shape index (κ1) is 11.7. The molecule has 0 radical (unpaired) electrons. The summed E-state index contributed by atoms with van der Waals surface area (Å²) >= 11 is 0. The zero-order chi connectivity index (χ0) is 12.5. The van der Waals surface area contributed by atoms with E-state index in [0.717, 1.165) is 22.4 Å². The van der Waals surface area contributed by atoms with Crippen molar-refractivity contribution in [3.63, 3.8) is 0 Å². The van der Waals surface area contributed by atoms with Crippen LogP contribution in [0.25, 0.3) is 0 Å². The van der Waals surface area contributed by atoms with Crippen molar-refractivity contribution in [1.82, 2.24) is 0 Å². The second-order valence-electron chi connectivity index (χ2n) is 4.27. The van der Waals surface area contributed by atoms with Crippen LogP contribution in [0.2, 0.25) is 0 Å². The molecule has 0 aliphatic rings. The van der Waals surface area contributed by atoms with Gasteiger partial charge in [-0.25, -0.2) is 0 Å². The van der Waals surface area contributed by atoms with Crippen LogP contribution in [-0.4, -0.2) is 12.2 Å². The Morgan fingerprint density at radius 1 is 1.29 bits per heavy atom. The molecule has 0 bridgehead atoms. The van der Waals surface area contributed by atoms with Crippen LogP contribution >= 0.6 is 0 Å². The number of aliphatic hydroxyl groups is 1. The number of rotatable bonds is 3. The lowest BCUT2D eigenvalue weighted by Crippen LogP contribution is -2.23. The molecule has 1 unspecified atom stereocenters. The van der Waals surface area contributed by atoms with Gasteiger partial charge in [0.1, 0.15) is 11.4 Å². The van der Waals surface area contributed by atoms with Gasteiger partial charge in [-0.3, -0.25) is 0 Å². The van der Waals surface area contributed by atoms with Crippen LogP contribution in [0.5, 0.6) is 5.75 Å². The quantitative estimate of drug-likeness (QED) is 0.884. The fraction of sp³-hybridized carbons (Fsp3) is 0.286. The summed E-state index contributed by atoms with van der Waals surface area (Å²) in [5, 5.41) is 10.6. The van der Waals surface area contributed by atoms with Crippen LogP contribution in [0.3, 0.4) is 0 Å². The summed E-state index contributed by atoms with van der Waals surface area (Å²) in [5.41, 5.74) is 1.52. The number of ether oxygens (including phenoxy) is 1. The maximum absolute atomic E-state index is 10.6. The predicted molar refractivity (Wildman–Crippen MR) is 65.1 cm³/mol. The molecule has 1 heterocycles. The van der Waals surface area contributed by atoms with E-state index in [2.05, 4.69) is 0 Å². The molecule has 17 heavy (non-hydrogen) atoms. The highest BCUT2D eigenvalue weighted by Gasteiger charge is 2.28. The van der Waals surface area contributed by atoms with Gasteiger partial charge in [0.05, 0.1) is 19.6 Å². The Kier molecular flexibility index (Phi) is 2.94. The number of methoxy groups -OCH3 is 1. The van der Waals surface area contributed by atoms with E-state index >= 15 is 0 Å². The lowest BCUT2D eigenvalue weighted by atomic mass is 9.87. The normalized spacial score (nSPS) is 14.4. The monoisotopic (exact) mass is 232 g/mol. The summed E-state index contributed by atoms with van der Waals surface area (Å²) in [6.45, 7) is 3.71. The minimum atomic E-state index is -1.05. The van der Waals surface area contributed by atoms with Crippen molar-refractivity contribution in [2.75, 3.05) is 7.11 Å². The van der Waals surface area contributed by atoms with Gasteiger partial charge < -0.3 is 14.3 Å². The highest BCUT2D eigenvalue weighted by atomic mass is 16.5. The average molecular weight is 232 g/mol. The topological polar surface area (TPSA) is 42.6 Å². The molecule has 0 fully saturated rings. The molecule has 1 N–H and O–H groups in total. The molecule has 0 saturated heterocycles. The van der Waals surface area contributed by atoms with Crippen molar-refractivity contribution < 1.29 is 14.3 Å². The van der Waals surface area contributed by atoms with Crippen molar-refractivity contribution in [3.8, 4) is 5.75 Å². The zero-order valence-electron chi connectivity index (χ0n) is 10.2. The molecule has 0 aliphatic carbocycles. The molecular weight excluding hydrogens is 216 g/mol. The van der Waals surface area contributed by atoms with Gasteiger partial charge >= 0.3 is 0 Å². The van der Waals surface area contributed by atoms with Crippen molar-refractivity contribution in [3.05, 3.63) is 53.5 Å². The van der Waals surface area contributed by atoms with Gasteiger partial charge in [-0.2, -0.15) is 0 Å². The smallest absolute Gasteiger partial charge is 0.119 e. The van der Waals surface area contributed by atoms with Crippen molar-refractivity contribution in [1.29, 1.82) is 0 Å². The third-order valence-electron chi connectivity index (χ3n) is 3.04. The predicted octanol–water partition coefficient (Wildman–Crippen LogP) is 2.85. The van der Waals surface area contributed by atoms with E-state index in [1.165, 1.54) is 0 Å². The molecule has 1 atom stereocenters. The molecule has 0 amide bonds. The summed E-state index contributed by atoms with van der Waals surface area (Å²) in [4.78, 5) is 0. The standard InChI is InChI=1S/C14H16O3/c1-10-8-12(16-3)4-5-13(10)14(2,15)11-6-7-17-9-11/h4-9,15H,1-3H3. The molecule has 3 nitrogen and oxygen atoms in total. The third kappa shape index (κ3) is 2.06. The first-order valence-electron chi connectivity index (χ1n) is 5.46. The number of furan rings is 1. The second kappa shape index (κ2) is 4.26.